The van der Waals surface area contributed by atoms with Crippen LogP contribution in [-0.2, 0) is 11.3 Å². The molecule has 186 valence electrons. The van der Waals surface area contributed by atoms with Gasteiger partial charge in [-0.2, -0.15) is 0 Å². The normalized spacial score (nSPS) is 15.6. The molecule has 1 amide bonds. The van der Waals surface area contributed by atoms with E-state index >= 15 is 0 Å². The van der Waals surface area contributed by atoms with Crippen LogP contribution < -0.4 is 14.4 Å². The van der Waals surface area contributed by atoms with Crippen LogP contribution in [-0.4, -0.2) is 35.7 Å². The zero-order chi connectivity index (χ0) is 25.1. The van der Waals surface area contributed by atoms with E-state index in [0.29, 0.717) is 25.3 Å². The zero-order valence-corrected chi connectivity index (χ0v) is 21.2. The van der Waals surface area contributed by atoms with Crippen molar-refractivity contribution in [1.29, 1.82) is 0 Å². The predicted octanol–water partition coefficient (Wildman–Crippen LogP) is 6.04. The SMILES string of the molecule is COc1ccccc1N1C[C@@H](c2nc3ccccc3n2CCCCOc2c(C)cccc2C)CC1=O. The lowest BCUT2D eigenvalue weighted by molar-refractivity contribution is -0.117. The first-order valence-corrected chi connectivity index (χ1v) is 12.6. The average molecular weight is 484 g/mol. The van der Waals surface area contributed by atoms with Crippen LogP contribution in [0, 0.1) is 13.8 Å². The standard InChI is InChI=1S/C30H33N3O3/c1-21-11-10-12-22(2)29(21)36-18-9-8-17-32-25-14-5-4-13-24(25)31-30(32)23-19-28(34)33(20-23)26-15-6-7-16-27(26)35-3/h4-7,10-16,23H,8-9,17-20H2,1-3H3/t23-/m0/s1. The van der Waals surface area contributed by atoms with E-state index in [0.717, 1.165) is 47.7 Å². The van der Waals surface area contributed by atoms with Gasteiger partial charge in [0.1, 0.15) is 17.3 Å². The van der Waals surface area contributed by atoms with Crippen molar-refractivity contribution in [2.75, 3.05) is 25.2 Å². The van der Waals surface area contributed by atoms with Crippen LogP contribution >= 0.6 is 0 Å². The zero-order valence-electron chi connectivity index (χ0n) is 21.2. The lowest BCUT2D eigenvalue weighted by Gasteiger charge is -2.20. The van der Waals surface area contributed by atoms with Crippen LogP contribution in [0.1, 0.15) is 42.1 Å². The summed E-state index contributed by atoms with van der Waals surface area (Å²) in [7, 11) is 1.64. The molecule has 1 aromatic heterocycles. The fraction of sp³-hybridized carbons (Fsp3) is 0.333. The monoisotopic (exact) mass is 483 g/mol. The van der Waals surface area contributed by atoms with E-state index in [1.165, 1.54) is 11.1 Å². The molecule has 1 fully saturated rings. The van der Waals surface area contributed by atoms with Crippen molar-refractivity contribution in [2.45, 2.75) is 45.6 Å². The molecule has 1 aliphatic heterocycles. The van der Waals surface area contributed by atoms with Crippen LogP contribution in [0.3, 0.4) is 0 Å². The fourth-order valence-corrected chi connectivity index (χ4v) is 5.18. The second kappa shape index (κ2) is 10.4. The minimum atomic E-state index is 0.0284. The summed E-state index contributed by atoms with van der Waals surface area (Å²) >= 11 is 0. The average Bonchev–Trinajstić information content (AvgIpc) is 3.45. The van der Waals surface area contributed by atoms with E-state index in [-0.39, 0.29) is 11.8 Å². The molecule has 6 nitrogen and oxygen atoms in total. The molecule has 5 rings (SSSR count). The van der Waals surface area contributed by atoms with Gasteiger partial charge in [-0.3, -0.25) is 4.79 Å². The van der Waals surface area contributed by atoms with Gasteiger partial charge in [-0.05, 0) is 62.1 Å². The first-order chi connectivity index (χ1) is 17.6. The Labute approximate surface area is 212 Å². The molecule has 36 heavy (non-hydrogen) atoms. The van der Waals surface area contributed by atoms with E-state index < -0.39 is 0 Å². The van der Waals surface area contributed by atoms with Crippen molar-refractivity contribution in [3.8, 4) is 11.5 Å². The maximum Gasteiger partial charge on any atom is 0.227 e. The number of para-hydroxylation sites is 5. The van der Waals surface area contributed by atoms with Gasteiger partial charge in [-0.1, -0.05) is 42.5 Å². The fourth-order valence-electron chi connectivity index (χ4n) is 5.18. The largest absolute Gasteiger partial charge is 0.495 e. The molecular weight excluding hydrogens is 450 g/mol. The van der Waals surface area contributed by atoms with Crippen LogP contribution in [0.25, 0.3) is 11.0 Å². The van der Waals surface area contributed by atoms with Crippen LogP contribution in [0.2, 0.25) is 0 Å². The van der Waals surface area contributed by atoms with E-state index in [9.17, 15) is 4.79 Å². The maximum absolute atomic E-state index is 13.1. The van der Waals surface area contributed by atoms with Gasteiger partial charge < -0.3 is 18.9 Å². The second-order valence-electron chi connectivity index (χ2n) is 9.46. The number of fused-ring (bicyclic) bond motifs is 1. The molecule has 0 radical (unpaired) electrons. The third-order valence-corrected chi connectivity index (χ3v) is 6.98. The molecule has 0 bridgehead atoms. The van der Waals surface area contributed by atoms with Gasteiger partial charge in [0.15, 0.2) is 0 Å². The number of ether oxygens (including phenoxy) is 2. The number of hydrogen-bond donors (Lipinski definition) is 0. The third-order valence-electron chi connectivity index (χ3n) is 6.98. The number of benzene rings is 3. The number of carbonyl (C=O) groups is 1. The second-order valence-corrected chi connectivity index (χ2v) is 9.46. The Morgan fingerprint density at radius 2 is 1.69 bits per heavy atom. The topological polar surface area (TPSA) is 56.6 Å². The van der Waals surface area contributed by atoms with Gasteiger partial charge in [0.05, 0.1) is 30.4 Å². The van der Waals surface area contributed by atoms with Crippen LogP contribution in [0.5, 0.6) is 11.5 Å². The number of unbranched alkanes of at least 4 members (excludes halogenated alkanes) is 1. The molecule has 6 heteroatoms. The number of rotatable bonds is 9. The molecule has 0 unspecified atom stereocenters. The number of carbonyl (C=O) groups excluding carboxylic acids is 1. The number of aromatic nitrogens is 2. The van der Waals surface area contributed by atoms with Crippen LogP contribution in [0.15, 0.2) is 66.7 Å². The quantitative estimate of drug-likeness (QED) is 0.272. The number of nitrogens with zero attached hydrogens (tertiary/aromatic N) is 3. The smallest absolute Gasteiger partial charge is 0.227 e. The first kappa shape index (κ1) is 23.9. The van der Waals surface area contributed by atoms with Gasteiger partial charge >= 0.3 is 0 Å². The Kier molecular flexibility index (Phi) is 6.94. The maximum atomic E-state index is 13.1. The van der Waals surface area contributed by atoms with E-state index in [1.54, 1.807) is 7.11 Å². The number of aryl methyl sites for hydroxylation is 3. The third kappa shape index (κ3) is 4.68. The molecule has 2 heterocycles. The molecule has 0 aliphatic carbocycles. The molecule has 0 spiro atoms. The lowest BCUT2D eigenvalue weighted by Crippen LogP contribution is -2.25. The van der Waals surface area contributed by atoms with Crippen molar-refractivity contribution in [3.63, 3.8) is 0 Å². The number of anilines is 1. The minimum absolute atomic E-state index is 0.0284. The van der Waals surface area contributed by atoms with Crippen molar-refractivity contribution in [1.82, 2.24) is 9.55 Å². The molecule has 1 aliphatic rings. The van der Waals surface area contributed by atoms with Crippen molar-refractivity contribution in [2.24, 2.45) is 0 Å². The Hall–Kier alpha value is -3.80. The van der Waals surface area contributed by atoms with E-state index in [4.69, 9.17) is 14.5 Å². The molecule has 4 aromatic rings. The van der Waals surface area contributed by atoms with Gasteiger partial charge in [0, 0.05) is 25.4 Å². The highest BCUT2D eigenvalue weighted by Gasteiger charge is 2.35. The van der Waals surface area contributed by atoms with Crippen molar-refractivity contribution < 1.29 is 14.3 Å². The molecule has 1 atom stereocenters. The summed E-state index contributed by atoms with van der Waals surface area (Å²) in [4.78, 5) is 19.9. The number of hydrogen-bond acceptors (Lipinski definition) is 4. The van der Waals surface area contributed by atoms with Crippen LogP contribution in [0.4, 0.5) is 5.69 Å². The number of imidazole rings is 1. The first-order valence-electron chi connectivity index (χ1n) is 12.6. The summed E-state index contributed by atoms with van der Waals surface area (Å²) in [5, 5.41) is 0. The Morgan fingerprint density at radius 3 is 2.50 bits per heavy atom. The molecule has 3 aromatic carbocycles. The summed E-state index contributed by atoms with van der Waals surface area (Å²) in [5.74, 6) is 2.82. The van der Waals surface area contributed by atoms with E-state index in [1.807, 2.05) is 41.3 Å². The van der Waals surface area contributed by atoms with Crippen molar-refractivity contribution >= 4 is 22.6 Å². The minimum Gasteiger partial charge on any atom is -0.495 e. The highest BCUT2D eigenvalue weighted by Crippen LogP contribution is 2.37. The highest BCUT2D eigenvalue weighted by molar-refractivity contribution is 5.97. The number of amides is 1. The molecule has 0 saturated carbocycles. The summed E-state index contributed by atoms with van der Waals surface area (Å²) < 4.78 is 13.9. The Bertz CT molecular complexity index is 1360. The molecule has 1 saturated heterocycles. The molecule has 0 N–H and O–H groups in total. The van der Waals surface area contributed by atoms with Crippen molar-refractivity contribution in [3.05, 3.63) is 83.7 Å². The summed E-state index contributed by atoms with van der Waals surface area (Å²) in [6.45, 7) is 6.29. The molecular formula is C30H33N3O3. The Morgan fingerprint density at radius 1 is 0.944 bits per heavy atom. The number of methoxy groups -OCH3 is 1. The lowest BCUT2D eigenvalue weighted by atomic mass is 10.1. The summed E-state index contributed by atoms with van der Waals surface area (Å²) in [6.07, 6.45) is 2.35. The Balaban J connectivity index is 1.31. The predicted molar refractivity (Wildman–Crippen MR) is 143 cm³/mol. The van der Waals surface area contributed by atoms with Gasteiger partial charge in [-0.25, -0.2) is 4.98 Å². The summed E-state index contributed by atoms with van der Waals surface area (Å²) in [5.41, 5.74) is 5.25. The highest BCUT2D eigenvalue weighted by atomic mass is 16.5. The van der Waals surface area contributed by atoms with E-state index in [2.05, 4.69) is 48.7 Å². The van der Waals surface area contributed by atoms with Gasteiger partial charge in [0.25, 0.3) is 0 Å². The van der Waals surface area contributed by atoms with Gasteiger partial charge in [-0.15, -0.1) is 0 Å². The summed E-state index contributed by atoms with van der Waals surface area (Å²) in [6, 6.07) is 22.2. The van der Waals surface area contributed by atoms with Gasteiger partial charge in [0.2, 0.25) is 5.91 Å².